The number of amides is 1. The normalized spacial score (nSPS) is 10.6. The highest BCUT2D eigenvalue weighted by Crippen LogP contribution is 2.27. The van der Waals surface area contributed by atoms with Crippen LogP contribution in [0.15, 0.2) is 54.6 Å². The van der Waals surface area contributed by atoms with Crippen molar-refractivity contribution in [3.63, 3.8) is 0 Å². The highest BCUT2D eigenvalue weighted by molar-refractivity contribution is 5.92. The first-order valence-corrected chi connectivity index (χ1v) is 10.8. The minimum absolute atomic E-state index is 0.0726. The van der Waals surface area contributed by atoms with Crippen LogP contribution in [0.3, 0.4) is 0 Å². The van der Waals surface area contributed by atoms with Gasteiger partial charge < -0.3 is 19.4 Å². The van der Waals surface area contributed by atoms with E-state index in [1.54, 1.807) is 14.0 Å². The quantitative estimate of drug-likeness (QED) is 0.497. The Morgan fingerprint density at radius 1 is 1.03 bits per heavy atom. The van der Waals surface area contributed by atoms with Gasteiger partial charge in [-0.1, -0.05) is 48.0 Å². The van der Waals surface area contributed by atoms with Crippen molar-refractivity contribution < 1.29 is 19.1 Å². The van der Waals surface area contributed by atoms with Crippen molar-refractivity contribution in [2.24, 2.45) is 0 Å². The van der Waals surface area contributed by atoms with E-state index >= 15 is 0 Å². The van der Waals surface area contributed by atoms with Gasteiger partial charge in [0.25, 0.3) is 0 Å². The van der Waals surface area contributed by atoms with E-state index in [1.807, 2.05) is 73.0 Å². The summed E-state index contributed by atoms with van der Waals surface area (Å²) < 4.78 is 12.6. The smallest absolute Gasteiger partial charge is 0.339 e. The fraction of sp³-hybridized carbons (Fsp3) is 0.308. The van der Waals surface area contributed by atoms with Crippen molar-refractivity contribution in [3.05, 3.63) is 77.0 Å². The second-order valence-electron chi connectivity index (χ2n) is 7.61. The summed E-state index contributed by atoms with van der Waals surface area (Å²) in [5.74, 6) is 0.323. The molecule has 2 aromatic carbocycles. The van der Waals surface area contributed by atoms with Crippen LogP contribution in [0.4, 0.5) is 0 Å². The lowest BCUT2D eigenvalue weighted by atomic mass is 10.1. The average Bonchev–Trinajstić information content (AvgIpc) is 3.13. The molecule has 0 aliphatic heterocycles. The number of benzene rings is 2. The molecule has 1 N–H and O–H groups in total. The van der Waals surface area contributed by atoms with Gasteiger partial charge in [0.05, 0.1) is 19.3 Å². The number of methoxy groups -OCH3 is 1. The Labute approximate surface area is 189 Å². The third-order valence-corrected chi connectivity index (χ3v) is 5.44. The summed E-state index contributed by atoms with van der Waals surface area (Å²) in [7, 11) is 1.61. The first-order chi connectivity index (χ1) is 15.4. The predicted molar refractivity (Wildman–Crippen MR) is 125 cm³/mol. The highest BCUT2D eigenvalue weighted by Gasteiger charge is 2.20. The molecule has 6 heteroatoms. The number of hydrogen-bond acceptors (Lipinski definition) is 4. The van der Waals surface area contributed by atoms with Crippen molar-refractivity contribution in [2.45, 2.75) is 40.3 Å². The molecule has 6 nitrogen and oxygen atoms in total. The topological polar surface area (TPSA) is 69.6 Å². The second kappa shape index (κ2) is 10.7. The molecule has 0 unspecified atom stereocenters. The van der Waals surface area contributed by atoms with Crippen LogP contribution in [0.2, 0.25) is 0 Å². The summed E-state index contributed by atoms with van der Waals surface area (Å²) in [5, 5.41) is 2.96. The standard InChI is InChI=1S/C26H30N2O4/c1-5-32-26(30)22-16-23(20-12-10-18(2)11-13-20)28(19(22)3)15-14-25(29)27-17-21-8-6-7-9-24(21)31-4/h6-13,16H,5,14-15,17H2,1-4H3,(H,27,29). The molecule has 0 aliphatic rings. The Bertz CT molecular complexity index is 1080. The Morgan fingerprint density at radius 3 is 2.44 bits per heavy atom. The third kappa shape index (κ3) is 5.38. The molecule has 3 aromatic rings. The summed E-state index contributed by atoms with van der Waals surface area (Å²) in [6.45, 7) is 6.87. The zero-order valence-corrected chi connectivity index (χ0v) is 19.1. The maximum Gasteiger partial charge on any atom is 0.339 e. The van der Waals surface area contributed by atoms with Crippen LogP contribution in [0.25, 0.3) is 11.3 Å². The molecule has 0 aliphatic carbocycles. The molecule has 3 rings (SSSR count). The Balaban J connectivity index is 1.77. The number of para-hydroxylation sites is 1. The molecule has 0 spiro atoms. The summed E-state index contributed by atoms with van der Waals surface area (Å²) in [6, 6.07) is 17.6. The molecule has 0 bridgehead atoms. The second-order valence-corrected chi connectivity index (χ2v) is 7.61. The Kier molecular flexibility index (Phi) is 7.71. The molecule has 0 radical (unpaired) electrons. The van der Waals surface area contributed by atoms with Crippen LogP contribution >= 0.6 is 0 Å². The largest absolute Gasteiger partial charge is 0.496 e. The van der Waals surface area contributed by atoms with Gasteiger partial charge >= 0.3 is 5.97 Å². The van der Waals surface area contributed by atoms with Crippen LogP contribution in [0, 0.1) is 13.8 Å². The lowest BCUT2D eigenvalue weighted by molar-refractivity contribution is -0.121. The predicted octanol–water partition coefficient (Wildman–Crippen LogP) is 4.66. The number of hydrogen-bond donors (Lipinski definition) is 1. The van der Waals surface area contributed by atoms with E-state index in [9.17, 15) is 9.59 Å². The van der Waals surface area contributed by atoms with Gasteiger partial charge in [0.2, 0.25) is 5.91 Å². The minimum atomic E-state index is -0.349. The first-order valence-electron chi connectivity index (χ1n) is 10.8. The van der Waals surface area contributed by atoms with Crippen molar-refractivity contribution in [3.8, 4) is 17.0 Å². The van der Waals surface area contributed by atoms with Crippen molar-refractivity contribution >= 4 is 11.9 Å². The van der Waals surface area contributed by atoms with Gasteiger partial charge in [0.1, 0.15) is 5.75 Å². The van der Waals surface area contributed by atoms with E-state index in [4.69, 9.17) is 9.47 Å². The maximum atomic E-state index is 12.6. The molecular formula is C26H30N2O4. The fourth-order valence-corrected chi connectivity index (χ4v) is 3.66. The van der Waals surface area contributed by atoms with E-state index in [-0.39, 0.29) is 18.3 Å². The van der Waals surface area contributed by atoms with E-state index in [2.05, 4.69) is 5.32 Å². The molecule has 32 heavy (non-hydrogen) atoms. The van der Waals surface area contributed by atoms with E-state index in [0.717, 1.165) is 33.8 Å². The Hall–Kier alpha value is -3.54. The molecule has 1 heterocycles. The monoisotopic (exact) mass is 434 g/mol. The fourth-order valence-electron chi connectivity index (χ4n) is 3.66. The van der Waals surface area contributed by atoms with E-state index in [1.165, 1.54) is 0 Å². The summed E-state index contributed by atoms with van der Waals surface area (Å²) >= 11 is 0. The lowest BCUT2D eigenvalue weighted by Gasteiger charge is -2.13. The molecule has 168 valence electrons. The van der Waals surface area contributed by atoms with Crippen LogP contribution in [0.1, 0.15) is 40.5 Å². The molecule has 1 aromatic heterocycles. The Morgan fingerprint density at radius 2 is 1.75 bits per heavy atom. The molecular weight excluding hydrogens is 404 g/mol. The molecule has 1 amide bonds. The number of aryl methyl sites for hydroxylation is 1. The number of carbonyl (C=O) groups excluding carboxylic acids is 2. The van der Waals surface area contributed by atoms with Gasteiger partial charge in [-0.15, -0.1) is 0 Å². The number of nitrogens with one attached hydrogen (secondary N) is 1. The highest BCUT2D eigenvalue weighted by atomic mass is 16.5. The number of aromatic nitrogens is 1. The van der Waals surface area contributed by atoms with Crippen molar-refractivity contribution in [1.82, 2.24) is 9.88 Å². The van der Waals surface area contributed by atoms with Gasteiger partial charge in [-0.05, 0) is 38.5 Å². The molecule has 0 fully saturated rings. The van der Waals surface area contributed by atoms with Gasteiger partial charge in [0.15, 0.2) is 0 Å². The number of esters is 1. The molecule has 0 saturated carbocycles. The van der Waals surface area contributed by atoms with Crippen molar-refractivity contribution in [2.75, 3.05) is 13.7 Å². The van der Waals surface area contributed by atoms with Gasteiger partial charge in [0, 0.05) is 36.5 Å². The van der Waals surface area contributed by atoms with E-state index < -0.39 is 0 Å². The zero-order chi connectivity index (χ0) is 23.1. The van der Waals surface area contributed by atoms with Gasteiger partial charge in [-0.2, -0.15) is 0 Å². The average molecular weight is 435 g/mol. The summed E-state index contributed by atoms with van der Waals surface area (Å²) in [5.41, 5.74) is 5.27. The minimum Gasteiger partial charge on any atom is -0.496 e. The van der Waals surface area contributed by atoms with Gasteiger partial charge in [-0.25, -0.2) is 4.79 Å². The molecule has 0 saturated heterocycles. The number of ether oxygens (including phenoxy) is 2. The number of carbonyl (C=O) groups is 2. The summed E-state index contributed by atoms with van der Waals surface area (Å²) in [4.78, 5) is 25.0. The van der Waals surface area contributed by atoms with Gasteiger partial charge in [-0.3, -0.25) is 4.79 Å². The number of rotatable bonds is 9. The zero-order valence-electron chi connectivity index (χ0n) is 19.1. The number of nitrogens with zero attached hydrogens (tertiary/aromatic N) is 1. The lowest BCUT2D eigenvalue weighted by Crippen LogP contribution is -2.24. The first kappa shape index (κ1) is 23.1. The van der Waals surface area contributed by atoms with Crippen LogP contribution in [0.5, 0.6) is 5.75 Å². The van der Waals surface area contributed by atoms with Crippen molar-refractivity contribution in [1.29, 1.82) is 0 Å². The van der Waals surface area contributed by atoms with E-state index in [0.29, 0.717) is 25.3 Å². The van der Waals surface area contributed by atoms with Crippen LogP contribution in [-0.4, -0.2) is 30.2 Å². The van der Waals surface area contributed by atoms with Crippen LogP contribution < -0.4 is 10.1 Å². The summed E-state index contributed by atoms with van der Waals surface area (Å²) in [6.07, 6.45) is 0.284. The SMILES string of the molecule is CCOC(=O)c1cc(-c2ccc(C)cc2)n(CCC(=O)NCc2ccccc2OC)c1C. The third-order valence-electron chi connectivity index (χ3n) is 5.44. The van der Waals surface area contributed by atoms with Crippen LogP contribution in [-0.2, 0) is 22.6 Å². The maximum absolute atomic E-state index is 12.6. The molecule has 0 atom stereocenters.